The van der Waals surface area contributed by atoms with Gasteiger partial charge in [-0.15, -0.1) is 11.3 Å². The smallest absolute Gasteiger partial charge is 0.0985 e. The fraction of sp³-hybridized carbons (Fsp3) is 0.583. The van der Waals surface area contributed by atoms with Crippen molar-refractivity contribution in [1.29, 1.82) is 0 Å². The van der Waals surface area contributed by atoms with Crippen LogP contribution in [0.1, 0.15) is 44.8 Å². The minimum Gasteiger partial charge on any atom is -0.392 e. The Kier molecular flexibility index (Phi) is 4.05. The van der Waals surface area contributed by atoms with Gasteiger partial charge in [0.05, 0.1) is 17.3 Å². The van der Waals surface area contributed by atoms with E-state index in [1.807, 2.05) is 18.4 Å². The van der Waals surface area contributed by atoms with Crippen molar-refractivity contribution in [3.8, 4) is 0 Å². The zero-order valence-corrected chi connectivity index (χ0v) is 10.7. The minimum atomic E-state index is 0.113. The molecule has 1 aromatic heterocycles. The van der Waals surface area contributed by atoms with Crippen molar-refractivity contribution in [2.45, 2.75) is 39.5 Å². The van der Waals surface area contributed by atoms with Crippen LogP contribution in [0.3, 0.4) is 0 Å². The number of hydrogen-bond donors (Lipinski definition) is 1. The summed E-state index contributed by atoms with van der Waals surface area (Å²) < 4.78 is 0. The lowest BCUT2D eigenvalue weighted by atomic mass is 9.98. The summed E-state index contributed by atoms with van der Waals surface area (Å²) in [6.45, 7) is 8.64. The molecule has 84 valence electrons. The molecule has 0 aromatic carbocycles. The van der Waals surface area contributed by atoms with Crippen molar-refractivity contribution in [2.75, 3.05) is 6.61 Å². The highest BCUT2D eigenvalue weighted by molar-refractivity contribution is 7.09. The Morgan fingerprint density at radius 2 is 2.20 bits per heavy atom. The second kappa shape index (κ2) is 4.90. The van der Waals surface area contributed by atoms with Crippen LogP contribution in [0.2, 0.25) is 0 Å². The fourth-order valence-electron chi connectivity index (χ4n) is 1.17. The molecule has 0 fully saturated rings. The highest BCUT2D eigenvalue weighted by Gasteiger charge is 2.17. The van der Waals surface area contributed by atoms with Crippen molar-refractivity contribution in [3.05, 3.63) is 21.7 Å². The summed E-state index contributed by atoms with van der Waals surface area (Å²) >= 11 is 1.68. The van der Waals surface area contributed by atoms with Gasteiger partial charge in [0.25, 0.3) is 0 Å². The Bertz CT molecular complexity index is 341. The lowest BCUT2D eigenvalue weighted by Crippen LogP contribution is -2.10. The van der Waals surface area contributed by atoms with E-state index in [0.717, 1.165) is 22.7 Å². The van der Waals surface area contributed by atoms with Crippen LogP contribution in [-0.2, 0) is 5.41 Å². The van der Waals surface area contributed by atoms with Crippen molar-refractivity contribution in [1.82, 2.24) is 4.98 Å². The monoisotopic (exact) mass is 225 g/mol. The standard InChI is InChI=1S/C12H19NOS/c1-5-9(7-14)6-10-8-15-11(13-10)12(2,3)4/h6,8,14H,5,7H2,1-4H3. The summed E-state index contributed by atoms with van der Waals surface area (Å²) in [7, 11) is 0. The first kappa shape index (κ1) is 12.4. The number of nitrogens with zero attached hydrogens (tertiary/aromatic N) is 1. The van der Waals surface area contributed by atoms with E-state index in [2.05, 4.69) is 25.8 Å². The molecule has 15 heavy (non-hydrogen) atoms. The summed E-state index contributed by atoms with van der Waals surface area (Å²) in [6, 6.07) is 0. The highest BCUT2D eigenvalue weighted by Crippen LogP contribution is 2.26. The maximum Gasteiger partial charge on any atom is 0.0985 e. The molecule has 1 aromatic rings. The van der Waals surface area contributed by atoms with Gasteiger partial charge in [0.1, 0.15) is 0 Å². The van der Waals surface area contributed by atoms with Crippen LogP contribution in [0.15, 0.2) is 11.0 Å². The molecule has 0 saturated carbocycles. The summed E-state index contributed by atoms with van der Waals surface area (Å²) in [5.41, 5.74) is 2.11. The number of rotatable bonds is 3. The number of hydrogen-bond acceptors (Lipinski definition) is 3. The van der Waals surface area contributed by atoms with Gasteiger partial charge in [0.2, 0.25) is 0 Å². The molecule has 3 heteroatoms. The van der Waals surface area contributed by atoms with Gasteiger partial charge in [0, 0.05) is 10.8 Å². The number of thiazole rings is 1. The second-order valence-corrected chi connectivity index (χ2v) is 5.50. The van der Waals surface area contributed by atoms with E-state index in [-0.39, 0.29) is 12.0 Å². The van der Waals surface area contributed by atoms with Gasteiger partial charge >= 0.3 is 0 Å². The Balaban J connectivity index is 2.90. The molecule has 0 aliphatic rings. The van der Waals surface area contributed by atoms with Crippen LogP contribution >= 0.6 is 11.3 Å². The van der Waals surface area contributed by atoms with Crippen molar-refractivity contribution in [3.63, 3.8) is 0 Å². The predicted molar refractivity (Wildman–Crippen MR) is 66.2 cm³/mol. The summed E-state index contributed by atoms with van der Waals surface area (Å²) in [4.78, 5) is 4.55. The summed E-state index contributed by atoms with van der Waals surface area (Å²) in [5, 5.41) is 12.2. The molecule has 0 bridgehead atoms. The van der Waals surface area contributed by atoms with E-state index in [1.165, 1.54) is 0 Å². The van der Waals surface area contributed by atoms with E-state index in [9.17, 15) is 0 Å². The van der Waals surface area contributed by atoms with Gasteiger partial charge < -0.3 is 5.11 Å². The molecular weight excluding hydrogens is 206 g/mol. The predicted octanol–water partition coefficient (Wildman–Crippen LogP) is 3.23. The topological polar surface area (TPSA) is 33.1 Å². The number of aliphatic hydroxyl groups excluding tert-OH is 1. The molecule has 1 heterocycles. The maximum absolute atomic E-state index is 9.06. The molecule has 0 radical (unpaired) electrons. The molecule has 0 saturated heterocycles. The number of aliphatic hydroxyl groups is 1. The first-order valence-corrected chi connectivity index (χ1v) is 6.11. The van der Waals surface area contributed by atoms with E-state index >= 15 is 0 Å². The first-order valence-electron chi connectivity index (χ1n) is 5.23. The zero-order valence-electron chi connectivity index (χ0n) is 9.87. The highest BCUT2D eigenvalue weighted by atomic mass is 32.1. The zero-order chi connectivity index (χ0) is 11.5. The van der Waals surface area contributed by atoms with Gasteiger partial charge in [-0.05, 0) is 18.1 Å². The molecule has 2 nitrogen and oxygen atoms in total. The van der Waals surface area contributed by atoms with Crippen LogP contribution in [0, 0.1) is 0 Å². The molecule has 0 amide bonds. The van der Waals surface area contributed by atoms with Crippen molar-refractivity contribution >= 4 is 17.4 Å². The largest absolute Gasteiger partial charge is 0.392 e. The van der Waals surface area contributed by atoms with Crippen LogP contribution < -0.4 is 0 Å². The van der Waals surface area contributed by atoms with Crippen LogP contribution in [0.25, 0.3) is 6.08 Å². The average molecular weight is 225 g/mol. The lowest BCUT2D eigenvalue weighted by Gasteiger charge is -2.13. The quantitative estimate of drug-likeness (QED) is 0.856. The Hall–Kier alpha value is -0.670. The molecule has 0 unspecified atom stereocenters. The van der Waals surface area contributed by atoms with Crippen LogP contribution in [-0.4, -0.2) is 16.7 Å². The Labute approximate surface area is 95.7 Å². The van der Waals surface area contributed by atoms with Gasteiger partial charge in [-0.3, -0.25) is 0 Å². The summed E-state index contributed by atoms with van der Waals surface area (Å²) in [6.07, 6.45) is 2.85. The van der Waals surface area contributed by atoms with Crippen molar-refractivity contribution in [2.24, 2.45) is 0 Å². The Morgan fingerprint density at radius 1 is 1.53 bits per heavy atom. The molecule has 1 rings (SSSR count). The third-order valence-electron chi connectivity index (χ3n) is 2.17. The van der Waals surface area contributed by atoms with Gasteiger partial charge in [-0.2, -0.15) is 0 Å². The van der Waals surface area contributed by atoms with Crippen LogP contribution in [0.5, 0.6) is 0 Å². The average Bonchev–Trinajstić information content (AvgIpc) is 2.61. The number of aromatic nitrogens is 1. The minimum absolute atomic E-state index is 0.113. The third-order valence-corrected chi connectivity index (χ3v) is 3.46. The van der Waals surface area contributed by atoms with Gasteiger partial charge in [-0.1, -0.05) is 27.7 Å². The molecule has 0 aliphatic carbocycles. The fourth-order valence-corrected chi connectivity index (χ4v) is 2.03. The second-order valence-electron chi connectivity index (χ2n) is 4.64. The van der Waals surface area contributed by atoms with E-state index in [0.29, 0.717) is 0 Å². The first-order chi connectivity index (χ1) is 6.97. The van der Waals surface area contributed by atoms with E-state index in [1.54, 1.807) is 11.3 Å². The van der Waals surface area contributed by atoms with E-state index in [4.69, 9.17) is 5.11 Å². The Morgan fingerprint density at radius 3 is 2.60 bits per heavy atom. The molecular formula is C12H19NOS. The normalized spacial score (nSPS) is 13.3. The molecule has 1 N–H and O–H groups in total. The van der Waals surface area contributed by atoms with Gasteiger partial charge in [0.15, 0.2) is 0 Å². The van der Waals surface area contributed by atoms with Crippen molar-refractivity contribution < 1.29 is 5.11 Å². The summed E-state index contributed by atoms with van der Waals surface area (Å²) in [5.74, 6) is 0. The molecule has 0 spiro atoms. The third kappa shape index (κ3) is 3.43. The lowest BCUT2D eigenvalue weighted by molar-refractivity contribution is 0.329. The van der Waals surface area contributed by atoms with Crippen LogP contribution in [0.4, 0.5) is 0 Å². The SMILES string of the molecule is CCC(=Cc1csc(C(C)(C)C)n1)CO. The maximum atomic E-state index is 9.06. The molecule has 0 aliphatic heterocycles. The van der Waals surface area contributed by atoms with Gasteiger partial charge in [-0.25, -0.2) is 4.98 Å². The van der Waals surface area contributed by atoms with E-state index < -0.39 is 0 Å². The molecule has 0 atom stereocenters.